The molecule has 0 unspecified atom stereocenters. The fourth-order valence-electron chi connectivity index (χ4n) is 2.14. The molecule has 3 rings (SSSR count). The number of benzene rings is 1. The van der Waals surface area contributed by atoms with E-state index in [9.17, 15) is 9.18 Å². The molecule has 20 heavy (non-hydrogen) atoms. The molecule has 1 aromatic carbocycles. The Kier molecular flexibility index (Phi) is 3.02. The monoisotopic (exact) mass is 269 g/mol. The average Bonchev–Trinajstić information content (AvgIpc) is 2.45. The summed E-state index contributed by atoms with van der Waals surface area (Å²) < 4.78 is 15.2. The van der Waals surface area contributed by atoms with Gasteiger partial charge in [-0.15, -0.1) is 0 Å². The van der Waals surface area contributed by atoms with Crippen LogP contribution in [0.3, 0.4) is 0 Å². The van der Waals surface area contributed by atoms with Gasteiger partial charge in [-0.3, -0.25) is 9.36 Å². The summed E-state index contributed by atoms with van der Waals surface area (Å²) in [6.07, 6.45) is 1.59. The second-order valence-corrected chi connectivity index (χ2v) is 4.52. The van der Waals surface area contributed by atoms with Crippen LogP contribution < -0.4 is 5.56 Å². The molecule has 3 aromatic rings. The molecule has 0 atom stereocenters. The van der Waals surface area contributed by atoms with Crippen molar-refractivity contribution in [1.82, 2.24) is 14.5 Å². The number of aromatic nitrogens is 3. The van der Waals surface area contributed by atoms with Crippen LogP contribution in [0, 0.1) is 12.7 Å². The zero-order chi connectivity index (χ0) is 14.1. The number of nitrogens with zero attached hydrogens (tertiary/aromatic N) is 3. The molecular weight excluding hydrogens is 257 g/mol. The summed E-state index contributed by atoms with van der Waals surface area (Å²) in [5.41, 5.74) is 0.673. The van der Waals surface area contributed by atoms with Crippen molar-refractivity contribution in [2.24, 2.45) is 0 Å². The van der Waals surface area contributed by atoms with E-state index in [-0.39, 0.29) is 17.9 Å². The SMILES string of the molecule is Cc1nc2ncccc2c(=O)n1Cc1ccccc1F. The molecular formula is C15H12FN3O. The molecule has 0 aliphatic carbocycles. The van der Waals surface area contributed by atoms with Gasteiger partial charge in [0.15, 0.2) is 5.65 Å². The van der Waals surface area contributed by atoms with E-state index in [1.54, 1.807) is 43.5 Å². The number of fused-ring (bicyclic) bond motifs is 1. The lowest BCUT2D eigenvalue weighted by atomic mass is 10.2. The number of hydrogen-bond acceptors (Lipinski definition) is 3. The fraction of sp³-hybridized carbons (Fsp3) is 0.133. The van der Waals surface area contributed by atoms with Crippen LogP contribution >= 0.6 is 0 Å². The molecule has 0 bridgehead atoms. The standard InChI is InChI=1S/C15H12FN3O/c1-10-18-14-12(6-4-8-17-14)15(20)19(10)9-11-5-2-3-7-13(11)16/h2-8H,9H2,1H3. The van der Waals surface area contributed by atoms with Crippen molar-refractivity contribution < 1.29 is 4.39 Å². The van der Waals surface area contributed by atoms with Crippen LogP contribution in [0.15, 0.2) is 47.4 Å². The van der Waals surface area contributed by atoms with E-state index in [0.29, 0.717) is 22.4 Å². The maximum atomic E-state index is 13.7. The van der Waals surface area contributed by atoms with Gasteiger partial charge in [0.1, 0.15) is 11.6 Å². The zero-order valence-electron chi connectivity index (χ0n) is 10.9. The van der Waals surface area contributed by atoms with Gasteiger partial charge in [0, 0.05) is 11.8 Å². The van der Waals surface area contributed by atoms with Crippen LogP contribution in [0.4, 0.5) is 4.39 Å². The highest BCUT2D eigenvalue weighted by molar-refractivity contribution is 5.72. The molecule has 2 aromatic heterocycles. The Hall–Kier alpha value is -2.56. The van der Waals surface area contributed by atoms with E-state index in [0.717, 1.165) is 0 Å². The van der Waals surface area contributed by atoms with E-state index < -0.39 is 0 Å². The Labute approximate surface area is 114 Å². The number of halogens is 1. The molecule has 0 aliphatic rings. The summed E-state index contributed by atoms with van der Waals surface area (Å²) in [7, 11) is 0. The summed E-state index contributed by atoms with van der Waals surface area (Å²) in [6.45, 7) is 1.88. The Morgan fingerprint density at radius 3 is 2.80 bits per heavy atom. The highest BCUT2D eigenvalue weighted by Crippen LogP contribution is 2.10. The molecule has 0 N–H and O–H groups in total. The van der Waals surface area contributed by atoms with E-state index in [1.165, 1.54) is 10.6 Å². The lowest BCUT2D eigenvalue weighted by Gasteiger charge is -2.10. The van der Waals surface area contributed by atoms with E-state index in [1.807, 2.05) is 0 Å². The second kappa shape index (κ2) is 4.85. The van der Waals surface area contributed by atoms with Gasteiger partial charge in [-0.2, -0.15) is 0 Å². The third-order valence-corrected chi connectivity index (χ3v) is 3.21. The smallest absolute Gasteiger partial charge is 0.263 e. The number of pyridine rings is 1. The van der Waals surface area contributed by atoms with E-state index >= 15 is 0 Å². The van der Waals surface area contributed by atoms with Gasteiger partial charge in [0.05, 0.1) is 11.9 Å². The minimum absolute atomic E-state index is 0.162. The van der Waals surface area contributed by atoms with Crippen molar-refractivity contribution in [1.29, 1.82) is 0 Å². The van der Waals surface area contributed by atoms with Gasteiger partial charge in [-0.05, 0) is 25.1 Å². The van der Waals surface area contributed by atoms with Crippen LogP contribution in [-0.4, -0.2) is 14.5 Å². The summed E-state index contributed by atoms with van der Waals surface area (Å²) in [6, 6.07) is 9.77. The van der Waals surface area contributed by atoms with Gasteiger partial charge in [0.2, 0.25) is 0 Å². The molecule has 0 saturated carbocycles. The van der Waals surface area contributed by atoms with Crippen LogP contribution in [0.5, 0.6) is 0 Å². The molecule has 0 aliphatic heterocycles. The average molecular weight is 269 g/mol. The van der Waals surface area contributed by atoms with E-state index in [4.69, 9.17) is 0 Å². The maximum Gasteiger partial charge on any atom is 0.263 e. The van der Waals surface area contributed by atoms with Gasteiger partial charge >= 0.3 is 0 Å². The fourth-order valence-corrected chi connectivity index (χ4v) is 2.14. The van der Waals surface area contributed by atoms with Crippen LogP contribution in [-0.2, 0) is 6.54 Å². The largest absolute Gasteiger partial charge is 0.292 e. The molecule has 0 amide bonds. The van der Waals surface area contributed by atoms with Gasteiger partial charge < -0.3 is 0 Å². The Morgan fingerprint density at radius 1 is 1.20 bits per heavy atom. The lowest BCUT2D eigenvalue weighted by molar-refractivity contribution is 0.591. The molecule has 0 fully saturated rings. The molecule has 0 spiro atoms. The van der Waals surface area contributed by atoms with Crippen LogP contribution in [0.2, 0.25) is 0 Å². The Bertz CT molecular complexity index is 842. The molecule has 0 saturated heterocycles. The first-order valence-corrected chi connectivity index (χ1v) is 6.22. The van der Waals surface area contributed by atoms with Crippen molar-refractivity contribution in [3.05, 3.63) is 70.2 Å². The zero-order valence-corrected chi connectivity index (χ0v) is 10.9. The molecule has 4 nitrogen and oxygen atoms in total. The first-order valence-electron chi connectivity index (χ1n) is 6.22. The second-order valence-electron chi connectivity index (χ2n) is 4.52. The van der Waals surface area contributed by atoms with Crippen molar-refractivity contribution in [2.45, 2.75) is 13.5 Å². The quantitative estimate of drug-likeness (QED) is 0.717. The minimum Gasteiger partial charge on any atom is -0.292 e. The molecule has 2 heterocycles. The Balaban J connectivity index is 2.17. The third kappa shape index (κ3) is 2.07. The molecule has 0 radical (unpaired) electrons. The number of hydrogen-bond donors (Lipinski definition) is 0. The van der Waals surface area contributed by atoms with Gasteiger partial charge in [-0.25, -0.2) is 14.4 Å². The summed E-state index contributed by atoms with van der Waals surface area (Å²) in [5, 5.41) is 0.439. The van der Waals surface area contributed by atoms with Gasteiger partial charge in [0.25, 0.3) is 5.56 Å². The first-order chi connectivity index (χ1) is 9.66. The van der Waals surface area contributed by atoms with Crippen molar-refractivity contribution in [3.63, 3.8) is 0 Å². The Morgan fingerprint density at radius 2 is 2.00 bits per heavy atom. The normalized spacial score (nSPS) is 10.9. The topological polar surface area (TPSA) is 47.8 Å². The molecule has 100 valence electrons. The summed E-state index contributed by atoms with van der Waals surface area (Å²) >= 11 is 0. The van der Waals surface area contributed by atoms with Crippen molar-refractivity contribution >= 4 is 11.0 Å². The maximum absolute atomic E-state index is 13.7. The van der Waals surface area contributed by atoms with Crippen LogP contribution in [0.1, 0.15) is 11.4 Å². The van der Waals surface area contributed by atoms with Gasteiger partial charge in [-0.1, -0.05) is 18.2 Å². The summed E-state index contributed by atoms with van der Waals surface area (Å²) in [5.74, 6) is 0.189. The predicted octanol–water partition coefficient (Wildman–Crippen LogP) is 2.29. The molecule has 5 heteroatoms. The first kappa shape index (κ1) is 12.5. The minimum atomic E-state index is -0.329. The number of aryl methyl sites for hydroxylation is 1. The van der Waals surface area contributed by atoms with Crippen LogP contribution in [0.25, 0.3) is 11.0 Å². The lowest BCUT2D eigenvalue weighted by Crippen LogP contribution is -2.25. The van der Waals surface area contributed by atoms with E-state index in [2.05, 4.69) is 9.97 Å². The summed E-state index contributed by atoms with van der Waals surface area (Å²) in [4.78, 5) is 20.8. The highest BCUT2D eigenvalue weighted by atomic mass is 19.1. The predicted molar refractivity (Wildman–Crippen MR) is 74.0 cm³/mol. The highest BCUT2D eigenvalue weighted by Gasteiger charge is 2.10. The van der Waals surface area contributed by atoms with Crippen molar-refractivity contribution in [3.8, 4) is 0 Å². The third-order valence-electron chi connectivity index (χ3n) is 3.21. The number of rotatable bonds is 2. The van der Waals surface area contributed by atoms with Crippen molar-refractivity contribution in [2.75, 3.05) is 0 Å².